The van der Waals surface area contributed by atoms with E-state index in [4.69, 9.17) is 21.1 Å². The van der Waals surface area contributed by atoms with Gasteiger partial charge < -0.3 is 14.8 Å². The van der Waals surface area contributed by atoms with Crippen molar-refractivity contribution in [1.29, 1.82) is 0 Å². The van der Waals surface area contributed by atoms with Gasteiger partial charge in [0.1, 0.15) is 17.0 Å². The summed E-state index contributed by atoms with van der Waals surface area (Å²) in [5.74, 6) is 0.200. The van der Waals surface area contributed by atoms with Crippen LogP contribution >= 0.6 is 11.6 Å². The first-order valence-electron chi connectivity index (χ1n) is 9.01. The van der Waals surface area contributed by atoms with Crippen molar-refractivity contribution in [3.63, 3.8) is 0 Å². The maximum absolute atomic E-state index is 13.2. The molecule has 0 aliphatic carbocycles. The van der Waals surface area contributed by atoms with Crippen LogP contribution in [0, 0.1) is 0 Å². The summed E-state index contributed by atoms with van der Waals surface area (Å²) in [5.41, 5.74) is -0.308. The van der Waals surface area contributed by atoms with E-state index in [1.54, 1.807) is 50.4 Å². The third kappa shape index (κ3) is 3.65. The smallest absolute Gasteiger partial charge is 0.325 e. The monoisotopic (exact) mass is 416 g/mol. The van der Waals surface area contributed by atoms with Crippen molar-refractivity contribution in [1.82, 2.24) is 10.2 Å². The maximum atomic E-state index is 13.2. The number of urea groups is 1. The predicted molar refractivity (Wildman–Crippen MR) is 108 cm³/mol. The molecular weight excluding hydrogens is 396 g/mol. The fourth-order valence-electron chi connectivity index (χ4n) is 3.36. The zero-order valence-electron chi connectivity index (χ0n) is 16.3. The van der Waals surface area contributed by atoms with E-state index in [0.717, 1.165) is 4.90 Å². The number of imide groups is 1. The van der Waals surface area contributed by atoms with Crippen LogP contribution in [0.5, 0.6) is 11.5 Å². The Balaban J connectivity index is 1.85. The van der Waals surface area contributed by atoms with Crippen molar-refractivity contribution in [2.75, 3.05) is 20.8 Å². The van der Waals surface area contributed by atoms with Crippen molar-refractivity contribution in [2.24, 2.45) is 0 Å². The van der Waals surface area contributed by atoms with Crippen molar-refractivity contribution in [2.45, 2.75) is 18.9 Å². The van der Waals surface area contributed by atoms with Crippen LogP contribution in [0.3, 0.4) is 0 Å². The maximum Gasteiger partial charge on any atom is 0.325 e. The van der Waals surface area contributed by atoms with Crippen LogP contribution in [0.1, 0.15) is 29.3 Å². The highest BCUT2D eigenvalue weighted by Crippen LogP contribution is 2.33. The lowest BCUT2D eigenvalue weighted by Crippen LogP contribution is -2.43. The number of Topliss-reactive ketones (excluding diaryl/α,β-unsaturated/α-hetero) is 1. The number of nitrogens with one attached hydrogen (secondary N) is 1. The summed E-state index contributed by atoms with van der Waals surface area (Å²) in [5, 5.41) is 3.03. The van der Waals surface area contributed by atoms with Gasteiger partial charge in [-0.25, -0.2) is 4.79 Å². The molecule has 0 unspecified atom stereocenters. The summed E-state index contributed by atoms with van der Waals surface area (Å²) in [7, 11) is 3.02. The molecule has 2 aromatic carbocycles. The minimum absolute atomic E-state index is 0.275. The van der Waals surface area contributed by atoms with Crippen molar-refractivity contribution >= 4 is 29.3 Å². The van der Waals surface area contributed by atoms with E-state index in [1.165, 1.54) is 13.2 Å². The van der Waals surface area contributed by atoms with Gasteiger partial charge in [-0.1, -0.05) is 30.7 Å². The average Bonchev–Trinajstić information content (AvgIpc) is 2.98. The summed E-state index contributed by atoms with van der Waals surface area (Å²) >= 11 is 6.07. The highest BCUT2D eigenvalue weighted by atomic mass is 35.5. The van der Waals surface area contributed by atoms with Gasteiger partial charge in [0.2, 0.25) is 0 Å². The Hall–Kier alpha value is -3.06. The zero-order chi connectivity index (χ0) is 21.2. The highest BCUT2D eigenvalue weighted by Gasteiger charge is 2.51. The number of nitrogens with zero attached hydrogens (tertiary/aromatic N) is 1. The van der Waals surface area contributed by atoms with Crippen LogP contribution in [-0.2, 0) is 10.3 Å². The van der Waals surface area contributed by atoms with Crippen molar-refractivity contribution < 1.29 is 23.9 Å². The number of halogens is 1. The topological polar surface area (TPSA) is 84.9 Å². The molecule has 29 heavy (non-hydrogen) atoms. The number of benzene rings is 2. The number of hydrogen-bond acceptors (Lipinski definition) is 5. The van der Waals surface area contributed by atoms with Crippen LogP contribution in [0.15, 0.2) is 42.5 Å². The van der Waals surface area contributed by atoms with Crippen LogP contribution in [-0.4, -0.2) is 43.4 Å². The van der Waals surface area contributed by atoms with E-state index < -0.39 is 23.3 Å². The van der Waals surface area contributed by atoms with E-state index >= 15 is 0 Å². The van der Waals surface area contributed by atoms with E-state index in [-0.39, 0.29) is 17.1 Å². The highest BCUT2D eigenvalue weighted by molar-refractivity contribution is 6.32. The van der Waals surface area contributed by atoms with Gasteiger partial charge in [0, 0.05) is 5.56 Å². The van der Waals surface area contributed by atoms with Gasteiger partial charge in [0.25, 0.3) is 5.91 Å². The first-order chi connectivity index (χ1) is 13.9. The third-order valence-electron chi connectivity index (χ3n) is 5.06. The second kappa shape index (κ2) is 8.13. The Labute approximate surface area is 173 Å². The molecule has 7 nitrogen and oxygen atoms in total. The van der Waals surface area contributed by atoms with Gasteiger partial charge in [0.05, 0.1) is 25.8 Å². The van der Waals surface area contributed by atoms with Crippen molar-refractivity contribution in [3.05, 3.63) is 58.6 Å². The molecule has 3 amide bonds. The normalized spacial score (nSPS) is 18.6. The number of hydrogen-bond donors (Lipinski definition) is 1. The van der Waals surface area contributed by atoms with Gasteiger partial charge in [-0.15, -0.1) is 0 Å². The Morgan fingerprint density at radius 1 is 1.10 bits per heavy atom. The quantitative estimate of drug-likeness (QED) is 0.552. The lowest BCUT2D eigenvalue weighted by Gasteiger charge is -2.26. The van der Waals surface area contributed by atoms with Crippen LogP contribution in [0.4, 0.5) is 4.79 Å². The summed E-state index contributed by atoms with van der Waals surface area (Å²) < 4.78 is 10.2. The zero-order valence-corrected chi connectivity index (χ0v) is 17.1. The minimum Gasteiger partial charge on any atom is -0.497 e. The Kier molecular flexibility index (Phi) is 5.79. The molecule has 8 heteroatoms. The first kappa shape index (κ1) is 20.7. The number of amides is 3. The molecule has 1 atom stereocenters. The number of ether oxygens (including phenoxy) is 2. The standard InChI is InChI=1S/C21H21ClN2O5/c1-4-21(14-6-8-15(28-2)9-7-14)19(26)24(20(27)23-21)12-17(25)13-5-10-18(29-3)16(22)11-13/h5-11H,4,12H2,1-3H3,(H,23,27)/t21-/m0/s1. The Bertz CT molecular complexity index is 960. The van der Waals surface area contributed by atoms with Crippen LogP contribution in [0.2, 0.25) is 5.02 Å². The second-order valence-corrected chi connectivity index (χ2v) is 6.99. The lowest BCUT2D eigenvalue weighted by molar-refractivity contribution is -0.131. The third-order valence-corrected chi connectivity index (χ3v) is 5.36. The first-order valence-corrected chi connectivity index (χ1v) is 9.39. The molecule has 1 heterocycles. The van der Waals surface area contributed by atoms with E-state index in [2.05, 4.69) is 5.32 Å². The fraction of sp³-hybridized carbons (Fsp3) is 0.286. The Morgan fingerprint density at radius 2 is 1.79 bits per heavy atom. The molecule has 152 valence electrons. The number of carbonyl (C=O) groups is 3. The SMILES string of the molecule is CC[C@@]1(c2ccc(OC)cc2)NC(=O)N(CC(=O)c2ccc(OC)c(Cl)c2)C1=O. The second-order valence-electron chi connectivity index (χ2n) is 6.58. The van der Waals surface area contributed by atoms with Gasteiger partial charge in [-0.2, -0.15) is 0 Å². The molecule has 1 N–H and O–H groups in total. The molecule has 1 saturated heterocycles. The molecular formula is C21H21ClN2O5. The molecule has 2 aromatic rings. The van der Waals surface area contributed by atoms with E-state index in [0.29, 0.717) is 23.5 Å². The number of methoxy groups -OCH3 is 2. The molecule has 0 aromatic heterocycles. The molecule has 0 saturated carbocycles. The number of rotatable bonds is 7. The minimum atomic E-state index is -1.22. The van der Waals surface area contributed by atoms with Gasteiger partial charge in [0.15, 0.2) is 5.78 Å². The lowest BCUT2D eigenvalue weighted by atomic mass is 9.87. The largest absolute Gasteiger partial charge is 0.497 e. The number of carbonyl (C=O) groups excluding carboxylic acids is 3. The summed E-state index contributed by atoms with van der Waals surface area (Å²) in [6.07, 6.45) is 0.336. The molecule has 3 rings (SSSR count). The molecule has 1 aliphatic heterocycles. The average molecular weight is 417 g/mol. The molecule has 0 radical (unpaired) electrons. The van der Waals surface area contributed by atoms with Gasteiger partial charge in [-0.3, -0.25) is 14.5 Å². The van der Waals surface area contributed by atoms with Crippen LogP contribution < -0.4 is 14.8 Å². The predicted octanol–water partition coefficient (Wildman–Crippen LogP) is 3.40. The summed E-state index contributed by atoms with van der Waals surface area (Å²) in [4.78, 5) is 39.3. The van der Waals surface area contributed by atoms with Gasteiger partial charge in [-0.05, 0) is 42.3 Å². The Morgan fingerprint density at radius 3 is 2.34 bits per heavy atom. The van der Waals surface area contributed by atoms with E-state index in [1.807, 2.05) is 0 Å². The fourth-order valence-corrected chi connectivity index (χ4v) is 3.62. The van der Waals surface area contributed by atoms with E-state index in [9.17, 15) is 14.4 Å². The summed E-state index contributed by atoms with van der Waals surface area (Å²) in [6, 6.07) is 10.9. The number of ketones is 1. The molecule has 0 bridgehead atoms. The molecule has 1 aliphatic rings. The van der Waals surface area contributed by atoms with Gasteiger partial charge >= 0.3 is 6.03 Å². The summed E-state index contributed by atoms with van der Waals surface area (Å²) in [6.45, 7) is 1.42. The molecule has 1 fully saturated rings. The molecule has 0 spiro atoms. The van der Waals surface area contributed by atoms with Crippen molar-refractivity contribution in [3.8, 4) is 11.5 Å². The van der Waals surface area contributed by atoms with Crippen LogP contribution in [0.25, 0.3) is 0 Å².